The van der Waals surface area contributed by atoms with Crippen LogP contribution in [0.15, 0.2) is 0 Å². The van der Waals surface area contributed by atoms with E-state index in [1.807, 2.05) is 7.05 Å². The van der Waals surface area contributed by atoms with Crippen molar-refractivity contribution in [3.8, 4) is 0 Å². The third-order valence-electron chi connectivity index (χ3n) is 5.60. The Balaban J connectivity index is 2.04. The highest BCUT2D eigenvalue weighted by atomic mass is 16.5. The van der Waals surface area contributed by atoms with Crippen LogP contribution in [-0.2, 0) is 4.74 Å². The van der Waals surface area contributed by atoms with Crippen molar-refractivity contribution in [2.45, 2.75) is 59.2 Å². The first kappa shape index (κ1) is 12.4. The lowest BCUT2D eigenvalue weighted by Gasteiger charge is -2.40. The highest BCUT2D eigenvalue weighted by molar-refractivity contribution is 5.11. The molecule has 16 heavy (non-hydrogen) atoms. The van der Waals surface area contributed by atoms with E-state index in [1.165, 1.54) is 19.3 Å². The molecule has 2 fully saturated rings. The number of hydrogen-bond acceptors (Lipinski definition) is 2. The fourth-order valence-electron chi connectivity index (χ4n) is 3.95. The van der Waals surface area contributed by atoms with E-state index in [0.29, 0.717) is 23.0 Å². The maximum atomic E-state index is 6.26. The minimum absolute atomic E-state index is 0.335. The first-order valence-electron chi connectivity index (χ1n) is 6.72. The van der Waals surface area contributed by atoms with Crippen molar-refractivity contribution >= 4 is 0 Å². The second kappa shape index (κ2) is 3.99. The van der Waals surface area contributed by atoms with Crippen molar-refractivity contribution in [2.24, 2.45) is 16.7 Å². The molecule has 2 nitrogen and oxygen atoms in total. The van der Waals surface area contributed by atoms with E-state index in [4.69, 9.17) is 4.74 Å². The van der Waals surface area contributed by atoms with Gasteiger partial charge in [0.15, 0.2) is 0 Å². The summed E-state index contributed by atoms with van der Waals surface area (Å²) in [5.41, 5.74) is 0.872. The Morgan fingerprint density at radius 1 is 1.38 bits per heavy atom. The van der Waals surface area contributed by atoms with E-state index < -0.39 is 0 Å². The quantitative estimate of drug-likeness (QED) is 0.794. The van der Waals surface area contributed by atoms with Crippen molar-refractivity contribution in [2.75, 3.05) is 13.6 Å². The zero-order chi connectivity index (χ0) is 12.0. The summed E-state index contributed by atoms with van der Waals surface area (Å²) in [4.78, 5) is 0. The Hall–Kier alpha value is -0.0800. The van der Waals surface area contributed by atoms with Gasteiger partial charge in [-0.25, -0.2) is 0 Å². The molecule has 94 valence electrons. The van der Waals surface area contributed by atoms with Crippen LogP contribution in [0.3, 0.4) is 0 Å². The zero-order valence-electron chi connectivity index (χ0n) is 11.5. The molecule has 4 unspecified atom stereocenters. The van der Waals surface area contributed by atoms with E-state index in [1.54, 1.807) is 0 Å². The van der Waals surface area contributed by atoms with Crippen molar-refractivity contribution < 1.29 is 4.74 Å². The Bertz CT molecular complexity index is 263. The van der Waals surface area contributed by atoms with Crippen LogP contribution in [0.4, 0.5) is 0 Å². The zero-order valence-corrected chi connectivity index (χ0v) is 11.5. The SMILES string of the molecule is CNCC(C)OC1CC2CCC1(C)C2(C)C. The van der Waals surface area contributed by atoms with Crippen molar-refractivity contribution in [1.29, 1.82) is 0 Å². The number of hydrogen-bond donors (Lipinski definition) is 1. The molecule has 0 heterocycles. The van der Waals surface area contributed by atoms with Gasteiger partial charge in [0.2, 0.25) is 0 Å². The van der Waals surface area contributed by atoms with Crippen molar-refractivity contribution in [3.05, 3.63) is 0 Å². The third-order valence-corrected chi connectivity index (χ3v) is 5.60. The molecule has 0 aromatic heterocycles. The van der Waals surface area contributed by atoms with E-state index in [-0.39, 0.29) is 0 Å². The predicted molar refractivity (Wildman–Crippen MR) is 67.5 cm³/mol. The lowest BCUT2D eigenvalue weighted by molar-refractivity contribution is -0.0786. The predicted octanol–water partition coefficient (Wildman–Crippen LogP) is 2.83. The van der Waals surface area contributed by atoms with E-state index in [9.17, 15) is 0 Å². The smallest absolute Gasteiger partial charge is 0.0675 e. The first-order valence-corrected chi connectivity index (χ1v) is 6.72. The average molecular weight is 225 g/mol. The second-order valence-corrected chi connectivity index (χ2v) is 6.60. The minimum atomic E-state index is 0.335. The summed E-state index contributed by atoms with van der Waals surface area (Å²) < 4.78 is 6.26. The van der Waals surface area contributed by atoms with Crippen molar-refractivity contribution in [1.82, 2.24) is 5.32 Å². The molecule has 2 heteroatoms. The molecular formula is C14H27NO. The van der Waals surface area contributed by atoms with Crippen LogP contribution in [0.2, 0.25) is 0 Å². The molecule has 2 aliphatic carbocycles. The monoisotopic (exact) mass is 225 g/mol. The van der Waals surface area contributed by atoms with Gasteiger partial charge in [0.1, 0.15) is 0 Å². The Morgan fingerprint density at radius 2 is 2.06 bits per heavy atom. The Kier molecular flexibility index (Phi) is 3.09. The molecule has 0 radical (unpaired) electrons. The summed E-state index contributed by atoms with van der Waals surface area (Å²) in [6.45, 7) is 10.5. The molecule has 2 aliphatic rings. The summed E-state index contributed by atoms with van der Waals surface area (Å²) in [6.07, 6.45) is 4.84. The van der Waals surface area contributed by atoms with E-state index in [0.717, 1.165) is 12.5 Å². The summed E-state index contributed by atoms with van der Waals surface area (Å²) in [6, 6.07) is 0. The number of fused-ring (bicyclic) bond motifs is 2. The van der Waals surface area contributed by atoms with Crippen LogP contribution in [-0.4, -0.2) is 25.8 Å². The summed E-state index contributed by atoms with van der Waals surface area (Å²) in [5.74, 6) is 0.879. The highest BCUT2D eigenvalue weighted by Gasteiger charge is 2.62. The fourth-order valence-corrected chi connectivity index (χ4v) is 3.95. The molecule has 1 N–H and O–H groups in total. The normalized spacial score (nSPS) is 42.6. The average Bonchev–Trinajstić information content (AvgIpc) is 2.51. The van der Waals surface area contributed by atoms with Gasteiger partial charge in [0, 0.05) is 6.54 Å². The lowest BCUT2D eigenvalue weighted by atomic mass is 9.70. The largest absolute Gasteiger partial charge is 0.373 e. The molecule has 0 amide bonds. The van der Waals surface area contributed by atoms with Gasteiger partial charge in [-0.15, -0.1) is 0 Å². The molecule has 2 bridgehead atoms. The Morgan fingerprint density at radius 3 is 2.50 bits per heavy atom. The molecule has 2 saturated carbocycles. The lowest BCUT2D eigenvalue weighted by Crippen LogP contribution is -2.40. The summed E-state index contributed by atoms with van der Waals surface area (Å²) in [5, 5.41) is 3.19. The maximum absolute atomic E-state index is 6.26. The highest BCUT2D eigenvalue weighted by Crippen LogP contribution is 2.66. The van der Waals surface area contributed by atoms with Crippen LogP contribution in [0, 0.1) is 16.7 Å². The fraction of sp³-hybridized carbons (Fsp3) is 1.00. The molecular weight excluding hydrogens is 198 g/mol. The van der Waals surface area contributed by atoms with Crippen LogP contribution in [0.25, 0.3) is 0 Å². The van der Waals surface area contributed by atoms with E-state index in [2.05, 4.69) is 33.0 Å². The van der Waals surface area contributed by atoms with Gasteiger partial charge in [-0.1, -0.05) is 20.8 Å². The van der Waals surface area contributed by atoms with Gasteiger partial charge in [-0.05, 0) is 50.0 Å². The van der Waals surface area contributed by atoms with Crippen LogP contribution in [0.5, 0.6) is 0 Å². The van der Waals surface area contributed by atoms with Gasteiger partial charge in [0.05, 0.1) is 12.2 Å². The Labute approximate surface area is 100 Å². The topological polar surface area (TPSA) is 21.3 Å². The van der Waals surface area contributed by atoms with Gasteiger partial charge < -0.3 is 10.1 Å². The van der Waals surface area contributed by atoms with Gasteiger partial charge in [-0.2, -0.15) is 0 Å². The van der Waals surface area contributed by atoms with Crippen LogP contribution >= 0.6 is 0 Å². The van der Waals surface area contributed by atoms with Gasteiger partial charge >= 0.3 is 0 Å². The minimum Gasteiger partial charge on any atom is -0.373 e. The number of rotatable bonds is 4. The molecule has 0 aliphatic heterocycles. The van der Waals surface area contributed by atoms with Crippen LogP contribution < -0.4 is 5.32 Å². The maximum Gasteiger partial charge on any atom is 0.0675 e. The number of nitrogens with one attached hydrogen (secondary N) is 1. The molecule has 0 saturated heterocycles. The van der Waals surface area contributed by atoms with Gasteiger partial charge in [0.25, 0.3) is 0 Å². The molecule has 0 aromatic rings. The van der Waals surface area contributed by atoms with E-state index >= 15 is 0 Å². The third kappa shape index (κ3) is 1.62. The van der Waals surface area contributed by atoms with Gasteiger partial charge in [-0.3, -0.25) is 0 Å². The molecule has 0 spiro atoms. The standard InChI is InChI=1S/C14H27NO/c1-10(9-15-5)16-12-8-11-6-7-14(12,4)13(11,2)3/h10-12,15H,6-9H2,1-5H3. The number of ether oxygens (including phenoxy) is 1. The number of likely N-dealkylation sites (N-methyl/N-ethyl adjacent to an activating group) is 1. The molecule has 4 atom stereocenters. The summed E-state index contributed by atoms with van der Waals surface area (Å²) >= 11 is 0. The first-order chi connectivity index (χ1) is 7.41. The molecule has 0 aromatic carbocycles. The second-order valence-electron chi connectivity index (χ2n) is 6.60. The van der Waals surface area contributed by atoms with Crippen molar-refractivity contribution in [3.63, 3.8) is 0 Å². The molecule has 2 rings (SSSR count). The summed E-state index contributed by atoms with van der Waals surface area (Å²) in [7, 11) is 1.99. The van der Waals surface area contributed by atoms with Crippen LogP contribution in [0.1, 0.15) is 47.0 Å².